The molecule has 0 amide bonds. The van der Waals surface area contributed by atoms with Gasteiger partial charge in [-0.05, 0) is 25.5 Å². The van der Waals surface area contributed by atoms with Crippen LogP contribution in [0.3, 0.4) is 0 Å². The van der Waals surface area contributed by atoms with Gasteiger partial charge < -0.3 is 16.4 Å². The maximum atomic E-state index is 6.00. The fraction of sp³-hybridized carbons (Fsp3) is 0.462. The number of rotatable bonds is 6. The number of aromatic nitrogens is 2. The van der Waals surface area contributed by atoms with Crippen molar-refractivity contribution in [1.29, 1.82) is 0 Å². The Morgan fingerprint density at radius 1 is 1.35 bits per heavy atom. The van der Waals surface area contributed by atoms with Crippen molar-refractivity contribution in [2.24, 2.45) is 16.0 Å². The van der Waals surface area contributed by atoms with Crippen LogP contribution in [0.25, 0.3) is 0 Å². The average Bonchev–Trinajstić information content (AvgIpc) is 2.78. The molecule has 0 aromatic carbocycles. The van der Waals surface area contributed by atoms with Crippen molar-refractivity contribution in [1.82, 2.24) is 14.7 Å². The molecule has 1 aromatic heterocycles. The molecule has 1 aromatic rings. The van der Waals surface area contributed by atoms with E-state index >= 15 is 0 Å². The Morgan fingerprint density at radius 3 is 2.95 bits per heavy atom. The summed E-state index contributed by atoms with van der Waals surface area (Å²) >= 11 is 0. The Labute approximate surface area is 118 Å². The average molecular weight is 275 g/mol. The molecule has 2 heterocycles. The molecule has 1 aliphatic heterocycles. The summed E-state index contributed by atoms with van der Waals surface area (Å²) in [6.45, 7) is 2.33. The molecule has 0 bridgehead atoms. The highest BCUT2D eigenvalue weighted by atomic mass is 15.3. The summed E-state index contributed by atoms with van der Waals surface area (Å²) in [5, 5.41) is 12.6. The highest BCUT2D eigenvalue weighted by Crippen LogP contribution is 2.23. The van der Waals surface area contributed by atoms with Crippen molar-refractivity contribution >= 4 is 11.5 Å². The van der Waals surface area contributed by atoms with Crippen LogP contribution in [-0.2, 0) is 6.54 Å². The van der Waals surface area contributed by atoms with E-state index in [2.05, 4.69) is 15.3 Å². The number of nitrogen functional groups attached to an aromatic ring is 1. The maximum absolute atomic E-state index is 6.00. The van der Waals surface area contributed by atoms with Crippen LogP contribution >= 0.6 is 0 Å². The summed E-state index contributed by atoms with van der Waals surface area (Å²) in [5.74, 6) is 0.541. The number of aryl methyl sites for hydroxylation is 1. The van der Waals surface area contributed by atoms with Crippen LogP contribution in [0.2, 0.25) is 0 Å². The molecule has 0 radical (unpaired) electrons. The largest absolute Gasteiger partial charge is 0.382 e. The molecule has 1 aliphatic rings. The molecule has 0 unspecified atom stereocenters. The van der Waals surface area contributed by atoms with Gasteiger partial charge >= 0.3 is 0 Å². The Hall–Kier alpha value is -2.15. The predicted octanol–water partition coefficient (Wildman–Crippen LogP) is 1.63. The summed E-state index contributed by atoms with van der Waals surface area (Å²) in [7, 11) is 1.99. The number of likely N-dealkylation sites (N-methyl/N-ethyl adjacent to an activating group) is 1. The number of nitrogens with two attached hydrogens (primary N) is 2. The molecule has 20 heavy (non-hydrogen) atoms. The lowest BCUT2D eigenvalue weighted by Gasteiger charge is -2.14. The lowest BCUT2D eigenvalue weighted by molar-refractivity contribution is 0.499. The highest BCUT2D eigenvalue weighted by Gasteiger charge is 2.07. The molecule has 108 valence electrons. The standard InChI is InChI=1S/C13H21N7/c1-19-7-4-5-11(10-19)17-18-12-9-16-20(13(12)15)8-3-2-6-14/h4-5,9-10H,2-3,6-8,14-15H2,1H3. The molecule has 2 rings (SSSR count). The monoisotopic (exact) mass is 275 g/mol. The van der Waals surface area contributed by atoms with E-state index in [-0.39, 0.29) is 0 Å². The highest BCUT2D eigenvalue weighted by molar-refractivity contribution is 5.56. The van der Waals surface area contributed by atoms with Crippen molar-refractivity contribution in [3.05, 3.63) is 30.2 Å². The smallest absolute Gasteiger partial charge is 0.149 e. The van der Waals surface area contributed by atoms with Gasteiger partial charge in [-0.1, -0.05) is 6.08 Å². The minimum absolute atomic E-state index is 0.541. The van der Waals surface area contributed by atoms with Crippen LogP contribution in [0.5, 0.6) is 0 Å². The number of unbranched alkanes of at least 4 members (excludes halogenated alkanes) is 1. The number of azo groups is 1. The normalized spacial score (nSPS) is 15.1. The van der Waals surface area contributed by atoms with E-state index < -0.39 is 0 Å². The summed E-state index contributed by atoms with van der Waals surface area (Å²) < 4.78 is 1.74. The summed E-state index contributed by atoms with van der Waals surface area (Å²) in [6, 6.07) is 0. The SMILES string of the molecule is CN1C=C(N=Nc2cnn(CCCCN)c2N)C=CC1. The maximum Gasteiger partial charge on any atom is 0.149 e. The van der Waals surface area contributed by atoms with Crippen LogP contribution in [-0.4, -0.2) is 34.8 Å². The lowest BCUT2D eigenvalue weighted by Crippen LogP contribution is -2.13. The zero-order valence-corrected chi connectivity index (χ0v) is 11.7. The molecule has 0 spiro atoms. The number of hydrogen-bond acceptors (Lipinski definition) is 6. The zero-order chi connectivity index (χ0) is 14.4. The minimum atomic E-state index is 0.541. The van der Waals surface area contributed by atoms with Gasteiger partial charge in [0.25, 0.3) is 0 Å². The molecule has 7 heteroatoms. The van der Waals surface area contributed by atoms with E-state index in [1.807, 2.05) is 30.3 Å². The number of allylic oxidation sites excluding steroid dienone is 1. The van der Waals surface area contributed by atoms with Gasteiger partial charge in [-0.2, -0.15) is 5.10 Å². The van der Waals surface area contributed by atoms with Crippen molar-refractivity contribution in [2.45, 2.75) is 19.4 Å². The first-order valence-electron chi connectivity index (χ1n) is 6.72. The lowest BCUT2D eigenvalue weighted by atomic mass is 10.3. The Bertz CT molecular complexity index is 527. The second-order valence-corrected chi connectivity index (χ2v) is 4.73. The quantitative estimate of drug-likeness (QED) is 0.609. The fourth-order valence-corrected chi connectivity index (χ4v) is 1.88. The van der Waals surface area contributed by atoms with Crippen molar-refractivity contribution in [3.8, 4) is 0 Å². The summed E-state index contributed by atoms with van der Waals surface area (Å²) in [4.78, 5) is 2.04. The Morgan fingerprint density at radius 2 is 2.20 bits per heavy atom. The number of anilines is 1. The molecule has 0 fully saturated rings. The van der Waals surface area contributed by atoms with Gasteiger partial charge in [0.15, 0.2) is 0 Å². The minimum Gasteiger partial charge on any atom is -0.382 e. The number of hydrogen-bond donors (Lipinski definition) is 2. The molecule has 4 N–H and O–H groups in total. The first-order chi connectivity index (χ1) is 9.70. The second kappa shape index (κ2) is 6.85. The Kier molecular flexibility index (Phi) is 4.89. The van der Waals surface area contributed by atoms with Gasteiger partial charge in [-0.3, -0.25) is 0 Å². The third-order valence-electron chi connectivity index (χ3n) is 2.99. The molecular formula is C13H21N7. The molecule has 0 saturated carbocycles. The second-order valence-electron chi connectivity index (χ2n) is 4.73. The third-order valence-corrected chi connectivity index (χ3v) is 2.99. The van der Waals surface area contributed by atoms with E-state index in [9.17, 15) is 0 Å². The summed E-state index contributed by atoms with van der Waals surface area (Å²) in [5.41, 5.74) is 12.9. The van der Waals surface area contributed by atoms with Gasteiger partial charge in [-0.25, -0.2) is 4.68 Å². The van der Waals surface area contributed by atoms with Gasteiger partial charge in [0.05, 0.1) is 6.20 Å². The van der Waals surface area contributed by atoms with Gasteiger partial charge in [0.2, 0.25) is 0 Å². The van der Waals surface area contributed by atoms with E-state index in [1.165, 1.54) is 0 Å². The van der Waals surface area contributed by atoms with E-state index in [4.69, 9.17) is 11.5 Å². The van der Waals surface area contributed by atoms with Crippen molar-refractivity contribution in [3.63, 3.8) is 0 Å². The van der Waals surface area contributed by atoms with Crippen molar-refractivity contribution < 1.29 is 0 Å². The van der Waals surface area contributed by atoms with E-state index in [1.54, 1.807) is 10.9 Å². The molecule has 0 aliphatic carbocycles. The first-order valence-corrected chi connectivity index (χ1v) is 6.72. The topological polar surface area (TPSA) is 97.8 Å². The van der Waals surface area contributed by atoms with Gasteiger partial charge in [0, 0.05) is 26.3 Å². The van der Waals surface area contributed by atoms with Crippen LogP contribution in [0.1, 0.15) is 12.8 Å². The first kappa shape index (κ1) is 14.3. The Balaban J connectivity index is 2.01. The van der Waals surface area contributed by atoms with E-state index in [0.717, 1.165) is 31.6 Å². The van der Waals surface area contributed by atoms with Gasteiger partial charge in [0.1, 0.15) is 17.2 Å². The molecule has 7 nitrogen and oxygen atoms in total. The molecule has 0 atom stereocenters. The van der Waals surface area contributed by atoms with Crippen LogP contribution in [0, 0.1) is 0 Å². The molecule has 0 saturated heterocycles. The molecular weight excluding hydrogens is 254 g/mol. The number of nitrogens with zero attached hydrogens (tertiary/aromatic N) is 5. The van der Waals surface area contributed by atoms with Crippen molar-refractivity contribution in [2.75, 3.05) is 25.9 Å². The predicted molar refractivity (Wildman–Crippen MR) is 79.3 cm³/mol. The van der Waals surface area contributed by atoms with Gasteiger partial charge in [-0.15, -0.1) is 10.2 Å². The summed E-state index contributed by atoms with van der Waals surface area (Å²) in [6.07, 6.45) is 9.46. The third kappa shape index (κ3) is 3.67. The van der Waals surface area contributed by atoms with Crippen LogP contribution in [0.15, 0.2) is 40.5 Å². The van der Waals surface area contributed by atoms with Crippen LogP contribution < -0.4 is 11.5 Å². The fourth-order valence-electron chi connectivity index (χ4n) is 1.88. The van der Waals surface area contributed by atoms with E-state index in [0.29, 0.717) is 18.1 Å². The van der Waals surface area contributed by atoms with Crippen LogP contribution in [0.4, 0.5) is 11.5 Å². The zero-order valence-electron chi connectivity index (χ0n) is 11.7.